The maximum Gasteiger partial charge on any atom is 0.288 e. The van der Waals surface area contributed by atoms with Gasteiger partial charge in [0.1, 0.15) is 0 Å². The molecule has 0 aromatic heterocycles. The van der Waals surface area contributed by atoms with Crippen LogP contribution in [0.2, 0.25) is 0 Å². The topological polar surface area (TPSA) is 24.1 Å². The van der Waals surface area contributed by atoms with Gasteiger partial charge in [-0.1, -0.05) is 11.8 Å². The Balaban J connectivity index is 1.88. The molecule has 5 heteroatoms. The second-order valence-electron chi connectivity index (χ2n) is 4.43. The Morgan fingerprint density at radius 2 is 1.94 bits per heavy atom. The predicted molar refractivity (Wildman–Crippen MR) is 72.4 cm³/mol. The lowest BCUT2D eigenvalue weighted by atomic mass is 10.1. The van der Waals surface area contributed by atoms with Gasteiger partial charge in [0.15, 0.2) is 0 Å². The maximum absolute atomic E-state index is 12.2. The second-order valence-corrected chi connectivity index (χ2v) is 5.49. The molecule has 1 unspecified atom stereocenters. The van der Waals surface area contributed by atoms with Gasteiger partial charge in [0.05, 0.1) is 0 Å². The SMILES string of the molecule is FC(F)Sc1ccc(NC2CCCNCC2)cc1. The van der Waals surface area contributed by atoms with Crippen LogP contribution in [0.15, 0.2) is 29.2 Å². The van der Waals surface area contributed by atoms with E-state index in [-0.39, 0.29) is 0 Å². The van der Waals surface area contributed by atoms with Gasteiger partial charge in [-0.15, -0.1) is 0 Å². The van der Waals surface area contributed by atoms with Crippen molar-refractivity contribution in [2.75, 3.05) is 18.4 Å². The number of anilines is 1. The van der Waals surface area contributed by atoms with Crippen LogP contribution in [0.25, 0.3) is 0 Å². The van der Waals surface area contributed by atoms with Crippen molar-refractivity contribution in [3.8, 4) is 0 Å². The van der Waals surface area contributed by atoms with Crippen molar-refractivity contribution < 1.29 is 8.78 Å². The summed E-state index contributed by atoms with van der Waals surface area (Å²) in [4.78, 5) is 0.609. The number of rotatable bonds is 4. The van der Waals surface area contributed by atoms with Gasteiger partial charge in [-0.05, 0) is 56.6 Å². The largest absolute Gasteiger partial charge is 0.382 e. The molecule has 100 valence electrons. The highest BCUT2D eigenvalue weighted by atomic mass is 32.2. The van der Waals surface area contributed by atoms with Gasteiger partial charge >= 0.3 is 0 Å². The first-order chi connectivity index (χ1) is 8.74. The highest BCUT2D eigenvalue weighted by Gasteiger charge is 2.11. The zero-order valence-electron chi connectivity index (χ0n) is 10.2. The molecule has 1 aliphatic heterocycles. The first-order valence-corrected chi connectivity index (χ1v) is 7.14. The van der Waals surface area contributed by atoms with Crippen molar-refractivity contribution in [1.82, 2.24) is 5.32 Å². The fourth-order valence-corrected chi connectivity index (χ4v) is 2.63. The third kappa shape index (κ3) is 4.46. The number of benzene rings is 1. The summed E-state index contributed by atoms with van der Waals surface area (Å²) in [5.41, 5.74) is 1.01. The summed E-state index contributed by atoms with van der Waals surface area (Å²) in [6.07, 6.45) is 3.44. The zero-order valence-corrected chi connectivity index (χ0v) is 11.0. The Hall–Kier alpha value is -0.810. The van der Waals surface area contributed by atoms with Crippen LogP contribution in [0.5, 0.6) is 0 Å². The van der Waals surface area contributed by atoms with Gasteiger partial charge in [0.25, 0.3) is 5.76 Å². The number of hydrogen-bond acceptors (Lipinski definition) is 3. The van der Waals surface area contributed by atoms with Gasteiger partial charge in [0, 0.05) is 16.6 Å². The van der Waals surface area contributed by atoms with Crippen molar-refractivity contribution in [2.24, 2.45) is 0 Å². The quantitative estimate of drug-likeness (QED) is 0.820. The first-order valence-electron chi connectivity index (χ1n) is 6.26. The summed E-state index contributed by atoms with van der Waals surface area (Å²) >= 11 is 0.585. The van der Waals surface area contributed by atoms with E-state index in [2.05, 4.69) is 10.6 Å². The van der Waals surface area contributed by atoms with Crippen molar-refractivity contribution in [1.29, 1.82) is 0 Å². The van der Waals surface area contributed by atoms with Crippen LogP contribution in [0.1, 0.15) is 19.3 Å². The molecule has 1 aromatic carbocycles. The molecule has 2 nitrogen and oxygen atoms in total. The molecular formula is C13H18F2N2S. The average molecular weight is 272 g/mol. The molecule has 0 spiro atoms. The Kier molecular flexibility index (Phi) is 5.26. The van der Waals surface area contributed by atoms with E-state index in [1.165, 1.54) is 6.42 Å². The van der Waals surface area contributed by atoms with E-state index in [1.54, 1.807) is 12.1 Å². The summed E-state index contributed by atoms with van der Waals surface area (Å²) < 4.78 is 24.4. The van der Waals surface area contributed by atoms with E-state index >= 15 is 0 Å². The normalized spacial score (nSPS) is 20.7. The molecule has 1 atom stereocenters. The summed E-state index contributed by atoms with van der Waals surface area (Å²) in [7, 11) is 0. The highest BCUT2D eigenvalue weighted by Crippen LogP contribution is 2.26. The summed E-state index contributed by atoms with van der Waals surface area (Å²) in [5.74, 6) is -2.35. The molecule has 2 N–H and O–H groups in total. The van der Waals surface area contributed by atoms with Gasteiger partial charge in [-0.3, -0.25) is 0 Å². The molecule has 0 saturated carbocycles. The third-order valence-electron chi connectivity index (χ3n) is 3.03. The molecule has 1 fully saturated rings. The van der Waals surface area contributed by atoms with Crippen LogP contribution in [-0.2, 0) is 0 Å². The predicted octanol–water partition coefficient (Wildman–Crippen LogP) is 3.56. The summed E-state index contributed by atoms with van der Waals surface area (Å²) in [6.45, 7) is 2.12. The van der Waals surface area contributed by atoms with Crippen molar-refractivity contribution in [3.05, 3.63) is 24.3 Å². The van der Waals surface area contributed by atoms with E-state index in [1.807, 2.05) is 12.1 Å². The highest BCUT2D eigenvalue weighted by molar-refractivity contribution is 7.99. The monoisotopic (exact) mass is 272 g/mol. The third-order valence-corrected chi connectivity index (χ3v) is 3.75. The van der Waals surface area contributed by atoms with Crippen molar-refractivity contribution >= 4 is 17.4 Å². The molecule has 0 aliphatic carbocycles. The number of nitrogens with one attached hydrogen (secondary N) is 2. The maximum atomic E-state index is 12.2. The molecule has 18 heavy (non-hydrogen) atoms. The number of halogens is 2. The number of alkyl halides is 2. The minimum absolute atomic E-state index is 0.480. The van der Waals surface area contributed by atoms with E-state index in [0.717, 1.165) is 31.6 Å². The molecule has 0 bridgehead atoms. The van der Waals surface area contributed by atoms with E-state index in [0.29, 0.717) is 22.7 Å². The molecule has 1 heterocycles. The van der Waals surface area contributed by atoms with Crippen LogP contribution in [0.4, 0.5) is 14.5 Å². The molecule has 0 amide bonds. The molecule has 1 aliphatic rings. The van der Waals surface area contributed by atoms with Crippen LogP contribution in [0.3, 0.4) is 0 Å². The van der Waals surface area contributed by atoms with Gasteiger partial charge < -0.3 is 10.6 Å². The number of hydrogen-bond donors (Lipinski definition) is 2. The lowest BCUT2D eigenvalue weighted by molar-refractivity contribution is 0.252. The minimum atomic E-state index is -2.35. The summed E-state index contributed by atoms with van der Waals surface area (Å²) in [6, 6.07) is 7.72. The first kappa shape index (κ1) is 13.6. The second kappa shape index (κ2) is 6.95. The van der Waals surface area contributed by atoms with Crippen LogP contribution in [-0.4, -0.2) is 24.9 Å². The fraction of sp³-hybridized carbons (Fsp3) is 0.538. The van der Waals surface area contributed by atoms with E-state index in [9.17, 15) is 8.78 Å². The van der Waals surface area contributed by atoms with Gasteiger partial charge in [0.2, 0.25) is 0 Å². The Bertz CT molecular complexity index is 349. The molecule has 2 rings (SSSR count). The Morgan fingerprint density at radius 3 is 2.67 bits per heavy atom. The van der Waals surface area contributed by atoms with E-state index < -0.39 is 5.76 Å². The van der Waals surface area contributed by atoms with Crippen LogP contribution >= 0.6 is 11.8 Å². The Morgan fingerprint density at radius 1 is 1.17 bits per heavy atom. The fourth-order valence-electron chi connectivity index (χ4n) is 2.13. The zero-order chi connectivity index (χ0) is 12.8. The van der Waals surface area contributed by atoms with Crippen LogP contribution in [0, 0.1) is 0 Å². The molecule has 0 radical (unpaired) electrons. The minimum Gasteiger partial charge on any atom is -0.382 e. The Labute approximate surface area is 111 Å². The molecular weight excluding hydrogens is 254 g/mol. The van der Waals surface area contributed by atoms with E-state index in [4.69, 9.17) is 0 Å². The molecule has 1 aromatic rings. The number of thioether (sulfide) groups is 1. The smallest absolute Gasteiger partial charge is 0.288 e. The van der Waals surface area contributed by atoms with Crippen LogP contribution < -0.4 is 10.6 Å². The summed E-state index contributed by atoms with van der Waals surface area (Å²) in [5, 5.41) is 6.83. The lowest BCUT2D eigenvalue weighted by Gasteiger charge is -2.17. The standard InChI is InChI=1S/C13H18F2N2S/c14-13(15)18-12-5-3-11(4-6-12)17-10-2-1-8-16-9-7-10/h3-6,10,13,16-17H,1-2,7-9H2. The van der Waals surface area contributed by atoms with Crippen molar-refractivity contribution in [3.63, 3.8) is 0 Å². The van der Waals surface area contributed by atoms with Gasteiger partial charge in [-0.2, -0.15) is 8.78 Å². The van der Waals surface area contributed by atoms with Crippen molar-refractivity contribution in [2.45, 2.75) is 36.0 Å². The lowest BCUT2D eigenvalue weighted by Crippen LogP contribution is -2.21. The van der Waals surface area contributed by atoms with Gasteiger partial charge in [-0.25, -0.2) is 0 Å². The average Bonchev–Trinajstić information content (AvgIpc) is 2.60. The molecule has 1 saturated heterocycles.